The molecule has 2 unspecified atom stereocenters. The van der Waals surface area contributed by atoms with Crippen molar-refractivity contribution in [3.8, 4) is 0 Å². The Morgan fingerprint density at radius 3 is 2.86 bits per heavy atom. The van der Waals surface area contributed by atoms with E-state index in [-0.39, 0.29) is 24.3 Å². The van der Waals surface area contributed by atoms with Gasteiger partial charge in [-0.2, -0.15) is 0 Å². The number of ether oxygens (including phenoxy) is 1. The zero-order chi connectivity index (χ0) is 15.4. The Morgan fingerprint density at radius 2 is 2.24 bits per heavy atom. The van der Waals surface area contributed by atoms with Crippen molar-refractivity contribution in [1.82, 2.24) is 4.90 Å². The van der Waals surface area contributed by atoms with Gasteiger partial charge < -0.3 is 14.7 Å². The van der Waals surface area contributed by atoms with Gasteiger partial charge in [0.05, 0.1) is 6.61 Å². The number of rotatable bonds is 7. The maximum atomic E-state index is 12.4. The predicted octanol–water partition coefficient (Wildman–Crippen LogP) is 2.11. The molecule has 0 aromatic heterocycles. The summed E-state index contributed by atoms with van der Waals surface area (Å²) in [7, 11) is 1.53. The van der Waals surface area contributed by atoms with Gasteiger partial charge in [0.15, 0.2) is 0 Å². The number of carboxylic acids is 1. The molecule has 1 aromatic rings. The monoisotopic (exact) mass is 355 g/mol. The van der Waals surface area contributed by atoms with Gasteiger partial charge in [-0.05, 0) is 30.0 Å². The molecule has 2 atom stereocenters. The van der Waals surface area contributed by atoms with Crippen molar-refractivity contribution in [3.63, 3.8) is 0 Å². The second kappa shape index (κ2) is 7.04. The van der Waals surface area contributed by atoms with Crippen LogP contribution in [-0.4, -0.2) is 48.7 Å². The lowest BCUT2D eigenvalue weighted by Crippen LogP contribution is -2.39. The number of benzene rings is 1. The number of halogens is 1. The van der Waals surface area contributed by atoms with Crippen molar-refractivity contribution in [2.24, 2.45) is 5.92 Å². The Bertz CT molecular complexity index is 534. The number of hydrogen-bond donors (Lipinski definition) is 1. The fraction of sp³-hybridized carbons (Fsp3) is 0.467. The average molecular weight is 356 g/mol. The summed E-state index contributed by atoms with van der Waals surface area (Å²) in [6, 6.07) is 7.89. The van der Waals surface area contributed by atoms with Crippen LogP contribution in [0, 0.1) is 5.92 Å². The summed E-state index contributed by atoms with van der Waals surface area (Å²) in [6.07, 6.45) is 0.776. The number of carbonyl (C=O) groups excluding carboxylic acids is 1. The Kier molecular flexibility index (Phi) is 5.36. The first-order chi connectivity index (χ1) is 10.0. The van der Waals surface area contributed by atoms with Gasteiger partial charge in [0.1, 0.15) is 6.54 Å². The van der Waals surface area contributed by atoms with E-state index >= 15 is 0 Å². The van der Waals surface area contributed by atoms with Crippen LogP contribution in [0.5, 0.6) is 0 Å². The second-order valence-electron chi connectivity index (χ2n) is 5.15. The topological polar surface area (TPSA) is 66.8 Å². The predicted molar refractivity (Wildman–Crippen MR) is 81.1 cm³/mol. The first-order valence-corrected chi connectivity index (χ1v) is 7.57. The second-order valence-corrected chi connectivity index (χ2v) is 6.07. The summed E-state index contributed by atoms with van der Waals surface area (Å²) in [5.74, 6) is -1.03. The molecule has 1 N–H and O–H groups in total. The van der Waals surface area contributed by atoms with E-state index in [1.165, 1.54) is 12.0 Å². The average Bonchev–Trinajstić information content (AvgIpc) is 3.22. The first-order valence-electron chi connectivity index (χ1n) is 6.78. The number of nitrogens with zero attached hydrogens (tertiary/aromatic N) is 1. The molecule has 5 nitrogen and oxygen atoms in total. The van der Waals surface area contributed by atoms with Gasteiger partial charge in [-0.15, -0.1) is 0 Å². The van der Waals surface area contributed by atoms with Crippen LogP contribution in [0.15, 0.2) is 28.7 Å². The molecule has 114 valence electrons. The molecule has 0 bridgehead atoms. The Hall–Kier alpha value is -1.40. The van der Waals surface area contributed by atoms with Gasteiger partial charge in [0.2, 0.25) is 5.91 Å². The van der Waals surface area contributed by atoms with Crippen LogP contribution in [0.1, 0.15) is 17.9 Å². The molecular weight excluding hydrogens is 338 g/mol. The minimum Gasteiger partial charge on any atom is -0.480 e. The van der Waals surface area contributed by atoms with Crippen LogP contribution in [0.25, 0.3) is 0 Å². The van der Waals surface area contributed by atoms with E-state index in [2.05, 4.69) is 15.9 Å². The molecule has 0 saturated heterocycles. The maximum absolute atomic E-state index is 12.4. The summed E-state index contributed by atoms with van der Waals surface area (Å²) < 4.78 is 5.92. The lowest BCUT2D eigenvalue weighted by Gasteiger charge is -2.20. The highest BCUT2D eigenvalue weighted by Crippen LogP contribution is 2.48. The van der Waals surface area contributed by atoms with E-state index in [4.69, 9.17) is 9.84 Å². The standard InChI is InChI=1S/C15H18BrNO4/c1-21-6-5-17(9-14(18)19)15(20)13-8-12(13)10-3-2-4-11(16)7-10/h2-4,7,12-13H,5-6,8-9H2,1H3,(H,18,19). The lowest BCUT2D eigenvalue weighted by molar-refractivity contribution is -0.145. The minimum atomic E-state index is -1.00. The Balaban J connectivity index is 2.00. The molecule has 2 rings (SSSR count). The van der Waals surface area contributed by atoms with E-state index in [0.29, 0.717) is 13.2 Å². The highest BCUT2D eigenvalue weighted by Gasteiger charge is 2.45. The number of aliphatic carboxylic acids is 1. The highest BCUT2D eigenvalue weighted by atomic mass is 79.9. The SMILES string of the molecule is COCCN(CC(=O)O)C(=O)C1CC1c1cccc(Br)c1. The summed E-state index contributed by atoms with van der Waals surface area (Å²) in [5, 5.41) is 8.91. The largest absolute Gasteiger partial charge is 0.480 e. The smallest absolute Gasteiger partial charge is 0.323 e. The van der Waals surface area contributed by atoms with Crippen LogP contribution in [0.3, 0.4) is 0 Å². The number of carboxylic acid groups (broad SMARTS) is 1. The van der Waals surface area contributed by atoms with Crippen LogP contribution >= 0.6 is 15.9 Å². The summed E-state index contributed by atoms with van der Waals surface area (Å²) in [5.41, 5.74) is 1.12. The van der Waals surface area contributed by atoms with E-state index in [1.54, 1.807) is 0 Å². The number of amides is 1. The van der Waals surface area contributed by atoms with Crippen molar-refractivity contribution < 1.29 is 19.4 Å². The fourth-order valence-electron chi connectivity index (χ4n) is 2.44. The van der Waals surface area contributed by atoms with E-state index in [0.717, 1.165) is 16.5 Å². The van der Waals surface area contributed by atoms with Gasteiger partial charge in [-0.3, -0.25) is 9.59 Å². The van der Waals surface area contributed by atoms with Gasteiger partial charge in [-0.25, -0.2) is 0 Å². The molecule has 1 fully saturated rings. The van der Waals surface area contributed by atoms with Crippen molar-refractivity contribution in [1.29, 1.82) is 0 Å². The van der Waals surface area contributed by atoms with Gasteiger partial charge in [0, 0.05) is 24.0 Å². The Labute approximate surface area is 132 Å². The van der Waals surface area contributed by atoms with E-state index in [9.17, 15) is 9.59 Å². The highest BCUT2D eigenvalue weighted by molar-refractivity contribution is 9.10. The van der Waals surface area contributed by atoms with Gasteiger partial charge in [-0.1, -0.05) is 28.1 Å². The van der Waals surface area contributed by atoms with Crippen molar-refractivity contribution in [2.75, 3.05) is 26.8 Å². The molecule has 0 radical (unpaired) electrons. The number of hydrogen-bond acceptors (Lipinski definition) is 3. The lowest BCUT2D eigenvalue weighted by atomic mass is 10.1. The molecule has 1 aliphatic carbocycles. The van der Waals surface area contributed by atoms with Crippen molar-refractivity contribution >= 4 is 27.8 Å². The maximum Gasteiger partial charge on any atom is 0.323 e. The summed E-state index contributed by atoms with van der Waals surface area (Å²) in [6.45, 7) is 0.376. The van der Waals surface area contributed by atoms with Gasteiger partial charge >= 0.3 is 5.97 Å². The van der Waals surface area contributed by atoms with E-state index < -0.39 is 5.97 Å². The zero-order valence-corrected chi connectivity index (χ0v) is 13.4. The van der Waals surface area contributed by atoms with Gasteiger partial charge in [0.25, 0.3) is 0 Å². The zero-order valence-electron chi connectivity index (χ0n) is 11.8. The molecule has 1 aromatic carbocycles. The summed E-state index contributed by atoms with van der Waals surface area (Å²) >= 11 is 3.42. The number of methoxy groups -OCH3 is 1. The minimum absolute atomic E-state index is 0.0978. The molecule has 0 aliphatic heterocycles. The van der Waals surface area contributed by atoms with E-state index in [1.807, 2.05) is 24.3 Å². The third-order valence-electron chi connectivity index (χ3n) is 3.59. The van der Waals surface area contributed by atoms with Crippen LogP contribution in [0.2, 0.25) is 0 Å². The molecule has 0 heterocycles. The van der Waals surface area contributed by atoms with Crippen LogP contribution in [-0.2, 0) is 14.3 Å². The number of carbonyl (C=O) groups is 2. The molecule has 0 spiro atoms. The fourth-order valence-corrected chi connectivity index (χ4v) is 2.86. The third-order valence-corrected chi connectivity index (χ3v) is 4.08. The van der Waals surface area contributed by atoms with Crippen molar-refractivity contribution in [2.45, 2.75) is 12.3 Å². The molecule has 1 aliphatic rings. The normalized spacial score (nSPS) is 20.1. The van der Waals surface area contributed by atoms with Crippen LogP contribution in [0.4, 0.5) is 0 Å². The Morgan fingerprint density at radius 1 is 1.48 bits per heavy atom. The first kappa shape index (κ1) is 16.0. The quantitative estimate of drug-likeness (QED) is 0.813. The molecule has 1 saturated carbocycles. The molecular formula is C15H18BrNO4. The molecule has 21 heavy (non-hydrogen) atoms. The van der Waals surface area contributed by atoms with Crippen molar-refractivity contribution in [3.05, 3.63) is 34.3 Å². The summed E-state index contributed by atoms with van der Waals surface area (Å²) in [4.78, 5) is 24.7. The molecule has 1 amide bonds. The molecule has 6 heteroatoms. The van der Waals surface area contributed by atoms with Crippen LogP contribution < -0.4 is 0 Å². The third kappa shape index (κ3) is 4.28.